The molecule has 132 valence electrons. The Morgan fingerprint density at radius 2 is 2.16 bits per heavy atom. The summed E-state index contributed by atoms with van der Waals surface area (Å²) in [6.45, 7) is 3.54. The summed E-state index contributed by atoms with van der Waals surface area (Å²) in [5, 5.41) is 15.9. The monoisotopic (exact) mass is 345 g/mol. The first-order valence-electron chi connectivity index (χ1n) is 8.33. The summed E-state index contributed by atoms with van der Waals surface area (Å²) in [5.74, 6) is -2.03. The predicted octanol–water partition coefficient (Wildman–Crippen LogP) is 2.40. The molecule has 25 heavy (non-hydrogen) atoms. The number of nitrogens with zero attached hydrogens (tertiary/aromatic N) is 2. The molecule has 1 amide bonds. The molecule has 0 saturated carbocycles. The van der Waals surface area contributed by atoms with E-state index in [2.05, 4.69) is 10.4 Å². The SMILES string of the molecule is CCC(NC(=O)c1nn(-c2cc(C)ccc2F)c2c1CCC2)C(=O)O. The molecule has 0 spiro atoms. The number of aromatic nitrogens is 2. The molecule has 1 atom stereocenters. The van der Waals surface area contributed by atoms with Crippen LogP contribution in [0.25, 0.3) is 5.69 Å². The fourth-order valence-corrected chi connectivity index (χ4v) is 3.17. The molecular weight excluding hydrogens is 325 g/mol. The number of benzene rings is 1. The largest absolute Gasteiger partial charge is 0.480 e. The van der Waals surface area contributed by atoms with Crippen LogP contribution in [0.2, 0.25) is 0 Å². The molecule has 0 saturated heterocycles. The van der Waals surface area contributed by atoms with Gasteiger partial charge in [0.1, 0.15) is 17.5 Å². The van der Waals surface area contributed by atoms with Crippen LogP contribution in [-0.2, 0) is 17.6 Å². The van der Waals surface area contributed by atoms with E-state index in [0.29, 0.717) is 18.5 Å². The van der Waals surface area contributed by atoms with E-state index < -0.39 is 23.7 Å². The zero-order valence-electron chi connectivity index (χ0n) is 14.2. The van der Waals surface area contributed by atoms with Crippen LogP contribution in [0.5, 0.6) is 0 Å². The highest BCUT2D eigenvalue weighted by atomic mass is 19.1. The fourth-order valence-electron chi connectivity index (χ4n) is 3.17. The number of carboxylic acid groups (broad SMARTS) is 1. The van der Waals surface area contributed by atoms with Gasteiger partial charge in [0.25, 0.3) is 5.91 Å². The lowest BCUT2D eigenvalue weighted by Crippen LogP contribution is -2.40. The Labute approximate surface area is 144 Å². The van der Waals surface area contributed by atoms with E-state index in [4.69, 9.17) is 5.11 Å². The zero-order chi connectivity index (χ0) is 18.1. The minimum atomic E-state index is -1.09. The van der Waals surface area contributed by atoms with Crippen LogP contribution in [0.3, 0.4) is 0 Å². The number of hydrogen-bond acceptors (Lipinski definition) is 3. The molecule has 2 aromatic rings. The summed E-state index contributed by atoms with van der Waals surface area (Å²) in [5.41, 5.74) is 2.98. The van der Waals surface area contributed by atoms with Crippen molar-refractivity contribution in [2.45, 2.75) is 45.6 Å². The highest BCUT2D eigenvalue weighted by Crippen LogP contribution is 2.29. The smallest absolute Gasteiger partial charge is 0.326 e. The second-order valence-corrected chi connectivity index (χ2v) is 6.27. The number of rotatable bonds is 5. The molecule has 2 N–H and O–H groups in total. The van der Waals surface area contributed by atoms with E-state index >= 15 is 0 Å². The van der Waals surface area contributed by atoms with Gasteiger partial charge in [0, 0.05) is 11.3 Å². The Bertz CT molecular complexity index is 844. The van der Waals surface area contributed by atoms with Gasteiger partial charge < -0.3 is 10.4 Å². The number of aliphatic carboxylic acids is 1. The molecule has 1 heterocycles. The maximum absolute atomic E-state index is 14.3. The number of halogens is 1. The van der Waals surface area contributed by atoms with Gasteiger partial charge in [0.15, 0.2) is 5.69 Å². The summed E-state index contributed by atoms with van der Waals surface area (Å²) < 4.78 is 15.8. The summed E-state index contributed by atoms with van der Waals surface area (Å²) >= 11 is 0. The number of amides is 1. The van der Waals surface area contributed by atoms with Crippen LogP contribution in [0.4, 0.5) is 4.39 Å². The van der Waals surface area contributed by atoms with Crippen LogP contribution >= 0.6 is 0 Å². The van der Waals surface area contributed by atoms with E-state index in [1.54, 1.807) is 19.1 Å². The Hall–Kier alpha value is -2.70. The minimum Gasteiger partial charge on any atom is -0.480 e. The summed E-state index contributed by atoms with van der Waals surface area (Å²) in [6, 6.07) is 3.78. The lowest BCUT2D eigenvalue weighted by Gasteiger charge is -2.11. The lowest BCUT2D eigenvalue weighted by atomic mass is 10.1. The van der Waals surface area contributed by atoms with Gasteiger partial charge in [0.05, 0.1) is 0 Å². The van der Waals surface area contributed by atoms with Gasteiger partial charge in [-0.2, -0.15) is 5.10 Å². The van der Waals surface area contributed by atoms with Gasteiger partial charge in [-0.15, -0.1) is 0 Å². The van der Waals surface area contributed by atoms with E-state index in [9.17, 15) is 14.0 Å². The maximum Gasteiger partial charge on any atom is 0.326 e. The van der Waals surface area contributed by atoms with Gasteiger partial charge in [-0.25, -0.2) is 13.9 Å². The Morgan fingerprint density at radius 3 is 2.84 bits per heavy atom. The normalized spacial score (nSPS) is 14.2. The van der Waals surface area contributed by atoms with E-state index in [-0.39, 0.29) is 12.1 Å². The molecular formula is C18H20FN3O3. The van der Waals surface area contributed by atoms with Crippen LogP contribution in [0, 0.1) is 12.7 Å². The minimum absolute atomic E-state index is 0.188. The number of carboxylic acids is 1. The van der Waals surface area contributed by atoms with Crippen molar-refractivity contribution >= 4 is 11.9 Å². The highest BCUT2D eigenvalue weighted by molar-refractivity contribution is 5.96. The molecule has 0 bridgehead atoms. The van der Waals surface area contributed by atoms with Crippen molar-refractivity contribution in [3.63, 3.8) is 0 Å². The van der Waals surface area contributed by atoms with Gasteiger partial charge in [-0.1, -0.05) is 13.0 Å². The Morgan fingerprint density at radius 1 is 1.40 bits per heavy atom. The molecule has 1 aromatic heterocycles. The highest BCUT2D eigenvalue weighted by Gasteiger charge is 2.29. The third kappa shape index (κ3) is 3.14. The van der Waals surface area contributed by atoms with E-state index in [0.717, 1.165) is 23.2 Å². The number of carbonyl (C=O) groups excluding carboxylic acids is 1. The number of fused-ring (bicyclic) bond motifs is 1. The van der Waals surface area contributed by atoms with Crippen molar-refractivity contribution in [1.82, 2.24) is 15.1 Å². The number of hydrogen-bond donors (Lipinski definition) is 2. The second-order valence-electron chi connectivity index (χ2n) is 6.27. The van der Waals surface area contributed by atoms with Crippen molar-refractivity contribution in [2.24, 2.45) is 0 Å². The number of carbonyl (C=O) groups is 2. The molecule has 1 aliphatic rings. The van der Waals surface area contributed by atoms with Crippen LogP contribution in [-0.4, -0.2) is 32.8 Å². The number of aryl methyl sites for hydroxylation is 1. The molecule has 6 nitrogen and oxygen atoms in total. The molecule has 3 rings (SSSR count). The lowest BCUT2D eigenvalue weighted by molar-refractivity contribution is -0.139. The fraction of sp³-hybridized carbons (Fsp3) is 0.389. The zero-order valence-corrected chi connectivity index (χ0v) is 14.2. The maximum atomic E-state index is 14.3. The van der Waals surface area contributed by atoms with Gasteiger partial charge in [-0.3, -0.25) is 4.79 Å². The van der Waals surface area contributed by atoms with E-state index in [1.165, 1.54) is 10.7 Å². The first-order valence-corrected chi connectivity index (χ1v) is 8.33. The van der Waals surface area contributed by atoms with Gasteiger partial charge in [0.2, 0.25) is 0 Å². The molecule has 1 aliphatic carbocycles. The molecule has 0 aliphatic heterocycles. The van der Waals surface area contributed by atoms with Crippen LogP contribution < -0.4 is 5.32 Å². The Balaban J connectivity index is 2.02. The molecule has 1 aromatic carbocycles. The Kier molecular flexibility index (Phi) is 4.57. The van der Waals surface area contributed by atoms with Crippen molar-refractivity contribution in [1.29, 1.82) is 0 Å². The summed E-state index contributed by atoms with van der Waals surface area (Å²) in [6.07, 6.45) is 2.52. The van der Waals surface area contributed by atoms with E-state index in [1.807, 2.05) is 6.92 Å². The van der Waals surface area contributed by atoms with Crippen molar-refractivity contribution in [3.8, 4) is 5.69 Å². The predicted molar refractivity (Wildman–Crippen MR) is 89.5 cm³/mol. The average Bonchev–Trinajstić information content (AvgIpc) is 3.16. The number of nitrogens with one attached hydrogen (secondary N) is 1. The molecule has 0 radical (unpaired) electrons. The van der Waals surface area contributed by atoms with Crippen LogP contribution in [0.1, 0.15) is 47.1 Å². The molecule has 0 fully saturated rings. The summed E-state index contributed by atoms with van der Waals surface area (Å²) in [4.78, 5) is 23.7. The van der Waals surface area contributed by atoms with Crippen molar-refractivity contribution in [3.05, 3.63) is 46.5 Å². The first-order chi connectivity index (χ1) is 11.9. The topological polar surface area (TPSA) is 84.2 Å². The van der Waals surface area contributed by atoms with Crippen molar-refractivity contribution in [2.75, 3.05) is 0 Å². The van der Waals surface area contributed by atoms with Crippen LogP contribution in [0.15, 0.2) is 18.2 Å². The average molecular weight is 345 g/mol. The quantitative estimate of drug-likeness (QED) is 0.871. The first kappa shape index (κ1) is 17.1. The second kappa shape index (κ2) is 6.66. The third-order valence-corrected chi connectivity index (χ3v) is 4.49. The van der Waals surface area contributed by atoms with Gasteiger partial charge >= 0.3 is 5.97 Å². The van der Waals surface area contributed by atoms with Gasteiger partial charge in [-0.05, 0) is 50.3 Å². The third-order valence-electron chi connectivity index (χ3n) is 4.49. The summed E-state index contributed by atoms with van der Waals surface area (Å²) in [7, 11) is 0. The molecule has 1 unspecified atom stereocenters. The molecule has 7 heteroatoms. The standard InChI is InChI=1S/C18H20FN3O3/c1-3-13(18(24)25)20-17(23)16-11-5-4-6-14(11)22(21-16)15-9-10(2)7-8-12(15)19/h7-9,13H,3-6H2,1-2H3,(H,20,23)(H,24,25). The van der Waals surface area contributed by atoms with Crippen molar-refractivity contribution < 1.29 is 19.1 Å².